The Morgan fingerprint density at radius 3 is 2.52 bits per heavy atom. The van der Waals surface area contributed by atoms with Crippen LogP contribution in [0.1, 0.15) is 10.4 Å². The van der Waals surface area contributed by atoms with Gasteiger partial charge in [-0.1, -0.05) is 0 Å². The maximum absolute atomic E-state index is 12.4. The van der Waals surface area contributed by atoms with E-state index < -0.39 is 22.0 Å². The van der Waals surface area contributed by atoms with Gasteiger partial charge in [-0.3, -0.25) is 4.72 Å². The van der Waals surface area contributed by atoms with E-state index in [0.29, 0.717) is 5.75 Å². The smallest absolute Gasteiger partial charge is 0.338 e. The summed E-state index contributed by atoms with van der Waals surface area (Å²) in [6.07, 6.45) is 0. The number of esters is 1. The van der Waals surface area contributed by atoms with Gasteiger partial charge in [-0.15, -0.1) is 11.3 Å². The first-order chi connectivity index (χ1) is 11.8. The lowest BCUT2D eigenvalue weighted by Crippen LogP contribution is -2.20. The van der Waals surface area contributed by atoms with Crippen molar-refractivity contribution in [3.8, 4) is 5.75 Å². The molecule has 25 heavy (non-hydrogen) atoms. The maximum atomic E-state index is 12.4. The van der Waals surface area contributed by atoms with Gasteiger partial charge in [0.25, 0.3) is 10.0 Å². The van der Waals surface area contributed by atoms with Crippen LogP contribution in [0.15, 0.2) is 33.9 Å². The maximum Gasteiger partial charge on any atom is 0.338 e. The number of primary amides is 1. The molecule has 0 radical (unpaired) electrons. The highest BCUT2D eigenvalue weighted by Crippen LogP contribution is 2.30. The summed E-state index contributed by atoms with van der Waals surface area (Å²) >= 11 is 0.876. The van der Waals surface area contributed by atoms with E-state index in [-0.39, 0.29) is 21.1 Å². The normalized spacial score (nSPS) is 10.8. The molecule has 2 aromatic rings. The monoisotopic (exact) mass is 385 g/mol. The third kappa shape index (κ3) is 4.39. The highest BCUT2D eigenvalue weighted by atomic mass is 32.2. The van der Waals surface area contributed by atoms with Crippen LogP contribution >= 0.6 is 11.3 Å². The van der Waals surface area contributed by atoms with Crippen molar-refractivity contribution in [1.82, 2.24) is 0 Å². The number of anilines is 2. The van der Waals surface area contributed by atoms with Crippen LogP contribution in [0.25, 0.3) is 0 Å². The summed E-state index contributed by atoms with van der Waals surface area (Å²) in [7, 11) is -1.32. The van der Waals surface area contributed by atoms with Crippen LogP contribution in [-0.2, 0) is 14.8 Å². The van der Waals surface area contributed by atoms with Crippen molar-refractivity contribution in [2.75, 3.05) is 24.3 Å². The minimum atomic E-state index is -3.92. The van der Waals surface area contributed by atoms with E-state index in [1.54, 1.807) is 0 Å². The van der Waals surface area contributed by atoms with Gasteiger partial charge in [-0.05, 0) is 24.3 Å². The first kappa shape index (κ1) is 18.5. The number of thiophene rings is 1. The molecule has 0 aliphatic rings. The lowest BCUT2D eigenvalue weighted by Gasteiger charge is -2.12. The fourth-order valence-electron chi connectivity index (χ4n) is 1.89. The quantitative estimate of drug-likeness (QED) is 0.649. The molecule has 0 saturated carbocycles. The van der Waals surface area contributed by atoms with Crippen molar-refractivity contribution in [2.45, 2.75) is 4.21 Å². The Balaban J connectivity index is 2.29. The van der Waals surface area contributed by atoms with Crippen molar-refractivity contribution in [1.29, 1.82) is 0 Å². The zero-order chi connectivity index (χ0) is 18.6. The van der Waals surface area contributed by atoms with E-state index in [4.69, 9.17) is 10.5 Å². The molecule has 1 aromatic carbocycles. The predicted molar refractivity (Wildman–Crippen MR) is 92.7 cm³/mol. The Labute approximate surface area is 147 Å². The number of rotatable bonds is 6. The molecule has 1 heterocycles. The van der Waals surface area contributed by atoms with Crippen LogP contribution in [0.2, 0.25) is 0 Å². The van der Waals surface area contributed by atoms with Crippen molar-refractivity contribution in [3.05, 3.63) is 35.2 Å². The lowest BCUT2D eigenvalue weighted by atomic mass is 10.2. The van der Waals surface area contributed by atoms with E-state index in [0.717, 1.165) is 11.3 Å². The fourth-order valence-corrected chi connectivity index (χ4v) is 4.09. The molecule has 0 fully saturated rings. The van der Waals surface area contributed by atoms with Crippen LogP contribution in [-0.4, -0.2) is 34.6 Å². The second-order valence-electron chi connectivity index (χ2n) is 4.66. The lowest BCUT2D eigenvalue weighted by molar-refractivity contribution is 0.0601. The molecular formula is C14H15N3O6S2. The van der Waals surface area contributed by atoms with Crippen LogP contribution < -0.4 is 20.5 Å². The summed E-state index contributed by atoms with van der Waals surface area (Å²) < 4.78 is 36.7. The molecule has 4 N–H and O–H groups in total. The van der Waals surface area contributed by atoms with Gasteiger partial charge in [-0.25, -0.2) is 18.0 Å². The third-order valence-corrected chi connectivity index (χ3v) is 5.79. The standard InChI is InChI=1S/C14H15N3O6S2/c1-22-11-4-3-9(6-10(11)16-14(15)19)17-25(20,21)12-5-8(7-24-12)13(18)23-2/h3-7,17H,1-2H3,(H3,15,16,19). The third-order valence-electron chi connectivity index (χ3n) is 2.97. The summed E-state index contributed by atoms with van der Waals surface area (Å²) in [5.41, 5.74) is 5.60. The Hall–Kier alpha value is -2.79. The van der Waals surface area contributed by atoms with Crippen LogP contribution in [0.4, 0.5) is 16.2 Å². The second-order valence-corrected chi connectivity index (χ2v) is 7.48. The number of methoxy groups -OCH3 is 2. The van der Waals surface area contributed by atoms with Crippen LogP contribution in [0.5, 0.6) is 5.75 Å². The molecule has 0 spiro atoms. The average molecular weight is 385 g/mol. The van der Waals surface area contributed by atoms with Crippen molar-refractivity contribution in [2.24, 2.45) is 5.73 Å². The SMILES string of the molecule is COC(=O)c1csc(S(=O)(=O)Nc2ccc(OC)c(NC(N)=O)c2)c1. The Morgan fingerprint density at radius 1 is 1.20 bits per heavy atom. The molecule has 2 rings (SSSR count). The summed E-state index contributed by atoms with van der Waals surface area (Å²) in [5.74, 6) is -0.319. The summed E-state index contributed by atoms with van der Waals surface area (Å²) in [4.78, 5) is 22.5. The second kappa shape index (κ2) is 7.40. The van der Waals surface area contributed by atoms with E-state index >= 15 is 0 Å². The van der Waals surface area contributed by atoms with E-state index in [1.807, 2.05) is 0 Å². The molecule has 0 unspecified atom stereocenters. The number of hydrogen-bond acceptors (Lipinski definition) is 7. The fraction of sp³-hybridized carbons (Fsp3) is 0.143. The van der Waals surface area contributed by atoms with Gasteiger partial charge in [-0.2, -0.15) is 0 Å². The first-order valence-corrected chi connectivity index (χ1v) is 9.07. The number of urea groups is 1. The highest BCUT2D eigenvalue weighted by Gasteiger charge is 2.20. The Morgan fingerprint density at radius 2 is 1.92 bits per heavy atom. The molecule has 9 nitrogen and oxygen atoms in total. The van der Waals surface area contributed by atoms with Gasteiger partial charge in [0.1, 0.15) is 9.96 Å². The van der Waals surface area contributed by atoms with Crippen molar-refractivity contribution >= 4 is 44.7 Å². The molecule has 134 valence electrons. The molecular weight excluding hydrogens is 370 g/mol. The minimum absolute atomic E-state index is 0.0619. The molecule has 0 aliphatic heterocycles. The van der Waals surface area contributed by atoms with Gasteiger partial charge >= 0.3 is 12.0 Å². The van der Waals surface area contributed by atoms with Gasteiger partial charge in [0.15, 0.2) is 0 Å². The molecule has 11 heteroatoms. The number of nitrogens with one attached hydrogen (secondary N) is 2. The summed E-state index contributed by atoms with van der Waals surface area (Å²) in [6.45, 7) is 0. The topological polar surface area (TPSA) is 137 Å². The molecule has 0 saturated heterocycles. The van der Waals surface area contributed by atoms with Crippen LogP contribution in [0, 0.1) is 0 Å². The van der Waals surface area contributed by atoms with E-state index in [2.05, 4.69) is 14.8 Å². The summed E-state index contributed by atoms with van der Waals surface area (Å²) in [5, 5.41) is 3.72. The zero-order valence-electron chi connectivity index (χ0n) is 13.2. The number of hydrogen-bond donors (Lipinski definition) is 3. The number of sulfonamides is 1. The highest BCUT2D eigenvalue weighted by molar-refractivity contribution is 7.94. The molecule has 0 atom stereocenters. The average Bonchev–Trinajstić information content (AvgIpc) is 3.04. The van der Waals surface area contributed by atoms with Crippen molar-refractivity contribution in [3.63, 3.8) is 0 Å². The van der Waals surface area contributed by atoms with Gasteiger partial charge < -0.3 is 20.5 Å². The number of carbonyl (C=O) groups excluding carboxylic acids is 2. The zero-order valence-corrected chi connectivity index (χ0v) is 14.9. The first-order valence-electron chi connectivity index (χ1n) is 6.71. The Kier molecular flexibility index (Phi) is 5.49. The van der Waals surface area contributed by atoms with E-state index in [1.165, 1.54) is 43.9 Å². The van der Waals surface area contributed by atoms with Gasteiger partial charge in [0.2, 0.25) is 0 Å². The number of benzene rings is 1. The van der Waals surface area contributed by atoms with E-state index in [9.17, 15) is 18.0 Å². The van der Waals surface area contributed by atoms with Gasteiger partial charge in [0, 0.05) is 5.38 Å². The number of ether oxygens (including phenoxy) is 2. The van der Waals surface area contributed by atoms with Crippen molar-refractivity contribution < 1.29 is 27.5 Å². The molecule has 1 aromatic heterocycles. The Bertz CT molecular complexity index is 907. The number of carbonyl (C=O) groups is 2. The number of nitrogens with two attached hydrogens (primary N) is 1. The number of amides is 2. The van der Waals surface area contributed by atoms with Crippen LogP contribution in [0.3, 0.4) is 0 Å². The largest absolute Gasteiger partial charge is 0.495 e. The van der Waals surface area contributed by atoms with Gasteiger partial charge in [0.05, 0.1) is 31.2 Å². The molecule has 0 aliphatic carbocycles. The molecule has 0 bridgehead atoms. The molecule has 2 amide bonds. The predicted octanol–water partition coefficient (Wildman–Crippen LogP) is 1.83. The summed E-state index contributed by atoms with van der Waals surface area (Å²) in [6, 6.07) is 4.68. The minimum Gasteiger partial charge on any atom is -0.495 e.